The van der Waals surface area contributed by atoms with Crippen molar-refractivity contribution in [3.8, 4) is 0 Å². The molecule has 1 aromatic heterocycles. The Labute approximate surface area is 105 Å². The maximum Gasteiger partial charge on any atom is 0.265 e. The van der Waals surface area contributed by atoms with Gasteiger partial charge in [-0.15, -0.1) is 0 Å². The Morgan fingerprint density at radius 2 is 2.29 bits per heavy atom. The van der Waals surface area contributed by atoms with Gasteiger partial charge in [0.15, 0.2) is 5.13 Å². The van der Waals surface area contributed by atoms with Gasteiger partial charge in [-0.05, 0) is 6.42 Å². The number of hydrogen-bond donors (Lipinski definition) is 3. The van der Waals surface area contributed by atoms with Crippen LogP contribution in [-0.4, -0.2) is 37.7 Å². The second-order valence-electron chi connectivity index (χ2n) is 3.41. The van der Waals surface area contributed by atoms with Crippen molar-refractivity contribution in [2.24, 2.45) is 0 Å². The molecule has 0 spiro atoms. The molecule has 0 saturated heterocycles. The van der Waals surface area contributed by atoms with Gasteiger partial charge in [-0.1, -0.05) is 18.3 Å². The van der Waals surface area contributed by atoms with Crippen LogP contribution in [0.25, 0.3) is 0 Å². The summed E-state index contributed by atoms with van der Waals surface area (Å²) in [5.41, 5.74) is 5.69. The van der Waals surface area contributed by atoms with E-state index in [0.29, 0.717) is 29.7 Å². The van der Waals surface area contributed by atoms with Crippen LogP contribution in [0.2, 0.25) is 0 Å². The first-order chi connectivity index (χ1) is 8.19. The van der Waals surface area contributed by atoms with E-state index in [4.69, 9.17) is 10.5 Å². The van der Waals surface area contributed by atoms with E-state index in [1.54, 1.807) is 7.11 Å². The third-order valence-corrected chi connectivity index (χ3v) is 3.01. The van der Waals surface area contributed by atoms with E-state index in [2.05, 4.69) is 15.6 Å². The van der Waals surface area contributed by atoms with E-state index in [0.717, 1.165) is 6.42 Å². The molecule has 17 heavy (non-hydrogen) atoms. The minimum absolute atomic E-state index is 0.165. The molecule has 0 saturated carbocycles. The zero-order valence-electron chi connectivity index (χ0n) is 10.1. The van der Waals surface area contributed by atoms with Gasteiger partial charge in [-0.25, -0.2) is 4.98 Å². The summed E-state index contributed by atoms with van der Waals surface area (Å²) in [5.74, 6) is 0.102. The fourth-order valence-corrected chi connectivity index (χ4v) is 1.98. The minimum atomic E-state index is -0.165. The molecule has 0 bridgehead atoms. The molecule has 0 atom stereocenters. The first kappa shape index (κ1) is 13.7. The van der Waals surface area contributed by atoms with Crippen molar-refractivity contribution in [3.05, 3.63) is 4.88 Å². The Hall–Kier alpha value is -1.34. The Bertz CT molecular complexity index is 367. The summed E-state index contributed by atoms with van der Waals surface area (Å²) >= 11 is 1.25. The molecular weight excluding hydrogens is 240 g/mol. The van der Waals surface area contributed by atoms with Crippen LogP contribution in [0, 0.1) is 0 Å². The van der Waals surface area contributed by atoms with Gasteiger partial charge in [-0.3, -0.25) is 4.79 Å². The number of nitrogens with two attached hydrogens (primary N) is 1. The summed E-state index contributed by atoms with van der Waals surface area (Å²) in [5, 5.41) is 6.45. The van der Waals surface area contributed by atoms with Gasteiger partial charge in [0.2, 0.25) is 0 Å². The highest BCUT2D eigenvalue weighted by Gasteiger charge is 2.15. The molecule has 6 nitrogen and oxygen atoms in total. The van der Waals surface area contributed by atoms with Gasteiger partial charge in [0.25, 0.3) is 5.91 Å². The highest BCUT2D eigenvalue weighted by Crippen LogP contribution is 2.24. The van der Waals surface area contributed by atoms with E-state index in [9.17, 15) is 4.79 Å². The largest absolute Gasteiger partial charge is 0.383 e. The summed E-state index contributed by atoms with van der Waals surface area (Å²) in [7, 11) is 1.63. The van der Waals surface area contributed by atoms with Gasteiger partial charge < -0.3 is 21.1 Å². The van der Waals surface area contributed by atoms with Crippen LogP contribution >= 0.6 is 11.3 Å². The number of methoxy groups -OCH3 is 1. The molecule has 0 aliphatic heterocycles. The topological polar surface area (TPSA) is 89.3 Å². The molecular formula is C10H18N4O2S. The van der Waals surface area contributed by atoms with Crippen LogP contribution in [-0.2, 0) is 4.74 Å². The summed E-state index contributed by atoms with van der Waals surface area (Å²) in [4.78, 5) is 16.2. The van der Waals surface area contributed by atoms with Gasteiger partial charge in [-0.2, -0.15) is 0 Å². The predicted octanol–water partition coefficient (Wildman–Crippen LogP) is 0.923. The Morgan fingerprint density at radius 1 is 1.53 bits per heavy atom. The third kappa shape index (κ3) is 4.20. The van der Waals surface area contributed by atoms with E-state index < -0.39 is 0 Å². The van der Waals surface area contributed by atoms with Crippen LogP contribution in [0.15, 0.2) is 0 Å². The fourth-order valence-electron chi connectivity index (χ4n) is 1.15. The number of nitrogens with one attached hydrogen (secondary N) is 2. The van der Waals surface area contributed by atoms with Crippen LogP contribution in [0.5, 0.6) is 0 Å². The van der Waals surface area contributed by atoms with Crippen LogP contribution in [0.4, 0.5) is 10.9 Å². The van der Waals surface area contributed by atoms with Crippen molar-refractivity contribution in [2.75, 3.05) is 37.9 Å². The number of aromatic nitrogens is 1. The molecule has 1 amide bonds. The average Bonchev–Trinajstić information content (AvgIpc) is 2.68. The van der Waals surface area contributed by atoms with Crippen molar-refractivity contribution in [1.29, 1.82) is 0 Å². The molecule has 0 radical (unpaired) electrons. The van der Waals surface area contributed by atoms with Gasteiger partial charge >= 0.3 is 0 Å². The van der Waals surface area contributed by atoms with Crippen LogP contribution < -0.4 is 16.4 Å². The highest BCUT2D eigenvalue weighted by atomic mass is 32.1. The first-order valence-corrected chi connectivity index (χ1v) is 6.28. The normalized spacial score (nSPS) is 10.2. The third-order valence-electron chi connectivity index (χ3n) is 1.98. The molecule has 7 heteroatoms. The number of hydrogen-bond acceptors (Lipinski definition) is 6. The van der Waals surface area contributed by atoms with Crippen molar-refractivity contribution < 1.29 is 9.53 Å². The Balaban J connectivity index is 2.58. The lowest BCUT2D eigenvalue weighted by atomic mass is 10.4. The molecule has 0 aliphatic rings. The van der Waals surface area contributed by atoms with Gasteiger partial charge in [0.1, 0.15) is 10.7 Å². The van der Waals surface area contributed by atoms with Crippen molar-refractivity contribution >= 4 is 28.2 Å². The highest BCUT2D eigenvalue weighted by molar-refractivity contribution is 7.18. The lowest BCUT2D eigenvalue weighted by molar-refractivity contribution is 0.0958. The monoisotopic (exact) mass is 258 g/mol. The number of rotatable bonds is 7. The van der Waals surface area contributed by atoms with E-state index in [-0.39, 0.29) is 11.7 Å². The molecule has 1 aromatic rings. The standard InChI is InChI=1S/C10H18N4O2S/c1-3-4-12-9(15)7-8(11)14-10(17-7)13-5-6-16-2/h3-6,11H2,1-2H3,(H,12,15)(H,13,14). The smallest absolute Gasteiger partial charge is 0.265 e. The second-order valence-corrected chi connectivity index (χ2v) is 4.41. The Morgan fingerprint density at radius 3 is 2.94 bits per heavy atom. The van der Waals surface area contributed by atoms with E-state index in [1.165, 1.54) is 11.3 Å². The van der Waals surface area contributed by atoms with E-state index >= 15 is 0 Å². The zero-order valence-corrected chi connectivity index (χ0v) is 10.9. The summed E-state index contributed by atoms with van der Waals surface area (Å²) in [6, 6.07) is 0. The number of carbonyl (C=O) groups is 1. The van der Waals surface area contributed by atoms with Crippen LogP contribution in [0.1, 0.15) is 23.0 Å². The molecule has 1 rings (SSSR count). The summed E-state index contributed by atoms with van der Waals surface area (Å²) in [6.45, 7) is 3.85. The molecule has 1 heterocycles. The number of nitrogen functional groups attached to an aromatic ring is 1. The molecule has 0 fully saturated rings. The SMILES string of the molecule is CCCNC(=O)c1sc(NCCOC)nc1N. The summed E-state index contributed by atoms with van der Waals surface area (Å²) < 4.78 is 4.90. The maximum atomic E-state index is 11.7. The lowest BCUT2D eigenvalue weighted by Crippen LogP contribution is -2.23. The second kappa shape index (κ2) is 7.08. The predicted molar refractivity (Wildman–Crippen MR) is 69.5 cm³/mol. The fraction of sp³-hybridized carbons (Fsp3) is 0.600. The lowest BCUT2D eigenvalue weighted by Gasteiger charge is -2.00. The van der Waals surface area contributed by atoms with Gasteiger partial charge in [0.05, 0.1) is 6.61 Å². The molecule has 0 unspecified atom stereocenters. The number of nitrogens with zero attached hydrogens (tertiary/aromatic N) is 1. The van der Waals surface area contributed by atoms with E-state index in [1.807, 2.05) is 6.92 Å². The number of ether oxygens (including phenoxy) is 1. The van der Waals surface area contributed by atoms with Crippen molar-refractivity contribution in [2.45, 2.75) is 13.3 Å². The quantitative estimate of drug-likeness (QED) is 0.633. The van der Waals surface area contributed by atoms with Crippen molar-refractivity contribution in [3.63, 3.8) is 0 Å². The number of thiazole rings is 1. The molecule has 4 N–H and O–H groups in total. The molecule has 96 valence electrons. The Kier molecular flexibility index (Phi) is 5.71. The van der Waals surface area contributed by atoms with Gasteiger partial charge in [0, 0.05) is 20.2 Å². The number of carbonyl (C=O) groups excluding carboxylic acids is 1. The number of amides is 1. The van der Waals surface area contributed by atoms with Crippen molar-refractivity contribution in [1.82, 2.24) is 10.3 Å². The summed E-state index contributed by atoms with van der Waals surface area (Å²) in [6.07, 6.45) is 0.892. The maximum absolute atomic E-state index is 11.7. The average molecular weight is 258 g/mol. The number of anilines is 2. The minimum Gasteiger partial charge on any atom is -0.383 e. The zero-order chi connectivity index (χ0) is 12.7. The van der Waals surface area contributed by atoms with Crippen LogP contribution in [0.3, 0.4) is 0 Å². The first-order valence-electron chi connectivity index (χ1n) is 5.46. The molecule has 0 aromatic carbocycles. The molecule has 0 aliphatic carbocycles.